The van der Waals surface area contributed by atoms with Crippen LogP contribution >= 0.6 is 11.7 Å². The van der Waals surface area contributed by atoms with Crippen LogP contribution in [0.1, 0.15) is 5.69 Å². The molecule has 0 unspecified atom stereocenters. The van der Waals surface area contributed by atoms with Gasteiger partial charge in [0.2, 0.25) is 0 Å². The van der Waals surface area contributed by atoms with E-state index in [4.69, 9.17) is 0 Å². The predicted molar refractivity (Wildman–Crippen MR) is 93.8 cm³/mol. The molecule has 0 fully saturated rings. The van der Waals surface area contributed by atoms with E-state index < -0.39 is 10.0 Å². The molecular formula is C15H12N6O2S2. The first-order valence-corrected chi connectivity index (χ1v) is 9.51. The van der Waals surface area contributed by atoms with E-state index in [9.17, 15) is 8.42 Å². The van der Waals surface area contributed by atoms with Crippen molar-refractivity contribution in [2.75, 3.05) is 4.72 Å². The number of pyridine rings is 1. The van der Waals surface area contributed by atoms with Crippen molar-refractivity contribution in [1.29, 1.82) is 0 Å². The average molecular weight is 372 g/mol. The summed E-state index contributed by atoms with van der Waals surface area (Å²) in [5, 5.41) is 4.24. The first-order chi connectivity index (χ1) is 12.1. The van der Waals surface area contributed by atoms with Gasteiger partial charge in [-0.2, -0.15) is 13.8 Å². The van der Waals surface area contributed by atoms with Crippen LogP contribution in [-0.4, -0.2) is 31.9 Å². The van der Waals surface area contributed by atoms with Gasteiger partial charge >= 0.3 is 0 Å². The minimum absolute atomic E-state index is 0.0815. The molecule has 1 aromatic carbocycles. The van der Waals surface area contributed by atoms with Crippen LogP contribution in [0.15, 0.2) is 59.8 Å². The summed E-state index contributed by atoms with van der Waals surface area (Å²) in [6.07, 6.45) is 3.39. The fraction of sp³-hybridized carbons (Fsp3) is 0.0667. The SMILES string of the molecule is O=S(=O)(Nc1ccn(Cc2ccccn2)n1)c1cccc2nsnc12. The van der Waals surface area contributed by atoms with Crippen LogP contribution in [0.3, 0.4) is 0 Å². The molecule has 126 valence electrons. The molecule has 4 aromatic rings. The summed E-state index contributed by atoms with van der Waals surface area (Å²) >= 11 is 0.976. The Balaban J connectivity index is 1.58. The van der Waals surface area contributed by atoms with Gasteiger partial charge in [0, 0.05) is 18.5 Å². The molecule has 0 bridgehead atoms. The molecule has 0 aliphatic heterocycles. The highest BCUT2D eigenvalue weighted by Gasteiger charge is 2.20. The zero-order chi connectivity index (χ0) is 17.3. The molecule has 3 aromatic heterocycles. The van der Waals surface area contributed by atoms with E-state index in [1.54, 1.807) is 35.3 Å². The fourth-order valence-electron chi connectivity index (χ4n) is 2.35. The molecule has 25 heavy (non-hydrogen) atoms. The Bertz CT molecular complexity index is 1120. The molecule has 0 saturated carbocycles. The van der Waals surface area contributed by atoms with Gasteiger partial charge in [0.15, 0.2) is 5.82 Å². The van der Waals surface area contributed by atoms with Gasteiger partial charge < -0.3 is 0 Å². The molecule has 10 heteroatoms. The first kappa shape index (κ1) is 15.7. The quantitative estimate of drug-likeness (QED) is 0.576. The molecule has 4 rings (SSSR count). The lowest BCUT2D eigenvalue weighted by molar-refractivity contribution is 0.601. The topological polar surface area (TPSA) is 103 Å². The minimum atomic E-state index is -3.81. The van der Waals surface area contributed by atoms with E-state index >= 15 is 0 Å². The number of nitrogens with zero attached hydrogens (tertiary/aromatic N) is 5. The standard InChI is InChI=1S/C15H12N6O2S2/c22-25(23,13-6-3-5-12-15(13)19-24-18-12)20-14-7-9-21(17-14)10-11-4-1-2-8-16-11/h1-9H,10H2,(H,17,20). The maximum Gasteiger partial charge on any atom is 0.265 e. The van der Waals surface area contributed by atoms with Crippen LogP contribution in [0.25, 0.3) is 11.0 Å². The molecule has 0 saturated heterocycles. The van der Waals surface area contributed by atoms with Crippen LogP contribution in [0.2, 0.25) is 0 Å². The normalized spacial score (nSPS) is 11.7. The number of fused-ring (bicyclic) bond motifs is 1. The largest absolute Gasteiger partial charge is 0.265 e. The maximum absolute atomic E-state index is 12.6. The van der Waals surface area contributed by atoms with Crippen molar-refractivity contribution >= 4 is 38.6 Å². The second-order valence-corrected chi connectivity index (χ2v) is 7.39. The Morgan fingerprint density at radius 3 is 2.84 bits per heavy atom. The van der Waals surface area contributed by atoms with Crippen LogP contribution < -0.4 is 4.72 Å². The molecule has 8 nitrogen and oxygen atoms in total. The van der Waals surface area contributed by atoms with Gasteiger partial charge in [-0.3, -0.25) is 14.4 Å². The summed E-state index contributed by atoms with van der Waals surface area (Å²) in [4.78, 5) is 4.30. The van der Waals surface area contributed by atoms with Crippen molar-refractivity contribution in [3.63, 3.8) is 0 Å². The van der Waals surface area contributed by atoms with Crippen LogP contribution in [0.5, 0.6) is 0 Å². The summed E-state index contributed by atoms with van der Waals surface area (Å²) < 4.78 is 37.5. The van der Waals surface area contributed by atoms with Crippen molar-refractivity contribution in [3.8, 4) is 0 Å². The summed E-state index contributed by atoms with van der Waals surface area (Å²) in [5.41, 5.74) is 1.74. The maximum atomic E-state index is 12.6. The average Bonchev–Trinajstić information content (AvgIpc) is 3.24. The molecule has 0 radical (unpaired) electrons. The third-order valence-electron chi connectivity index (χ3n) is 3.47. The molecule has 0 atom stereocenters. The minimum Gasteiger partial charge on any atom is -0.265 e. The number of sulfonamides is 1. The number of rotatable bonds is 5. The zero-order valence-corrected chi connectivity index (χ0v) is 14.4. The molecular weight excluding hydrogens is 360 g/mol. The summed E-state index contributed by atoms with van der Waals surface area (Å²) in [5.74, 6) is 0.233. The van der Waals surface area contributed by atoms with E-state index in [1.165, 1.54) is 6.07 Å². The molecule has 3 heterocycles. The summed E-state index contributed by atoms with van der Waals surface area (Å²) in [6, 6.07) is 12.0. The van der Waals surface area contributed by atoms with Gasteiger partial charge in [-0.05, 0) is 24.3 Å². The summed E-state index contributed by atoms with van der Waals surface area (Å²) in [6.45, 7) is 0.453. The van der Waals surface area contributed by atoms with Gasteiger partial charge in [0.1, 0.15) is 15.9 Å². The van der Waals surface area contributed by atoms with Gasteiger partial charge in [-0.15, -0.1) is 0 Å². The lowest BCUT2D eigenvalue weighted by Gasteiger charge is -2.06. The smallest absolute Gasteiger partial charge is 0.265 e. The van der Waals surface area contributed by atoms with E-state index in [0.717, 1.165) is 17.4 Å². The number of nitrogens with one attached hydrogen (secondary N) is 1. The van der Waals surface area contributed by atoms with E-state index in [2.05, 4.69) is 23.6 Å². The molecule has 1 N–H and O–H groups in total. The second-order valence-electron chi connectivity index (χ2n) is 5.21. The van der Waals surface area contributed by atoms with E-state index in [-0.39, 0.29) is 10.7 Å². The number of hydrogen-bond donors (Lipinski definition) is 1. The van der Waals surface area contributed by atoms with Gasteiger partial charge in [-0.1, -0.05) is 12.1 Å². The fourth-order valence-corrected chi connectivity index (χ4v) is 4.12. The molecule has 0 aliphatic rings. The monoisotopic (exact) mass is 372 g/mol. The van der Waals surface area contributed by atoms with E-state index in [1.807, 2.05) is 18.2 Å². The number of hydrogen-bond acceptors (Lipinski definition) is 7. The third-order valence-corrected chi connectivity index (χ3v) is 5.40. The van der Waals surface area contributed by atoms with Crippen molar-refractivity contribution < 1.29 is 8.42 Å². The molecule has 0 amide bonds. The van der Waals surface area contributed by atoms with Gasteiger partial charge in [0.25, 0.3) is 10.0 Å². The predicted octanol–water partition coefficient (Wildman–Crippen LogP) is 2.13. The highest BCUT2D eigenvalue weighted by molar-refractivity contribution is 7.93. The Labute approximate surface area is 147 Å². The van der Waals surface area contributed by atoms with Crippen molar-refractivity contribution in [3.05, 3.63) is 60.6 Å². The number of anilines is 1. The van der Waals surface area contributed by atoms with Gasteiger partial charge in [0.05, 0.1) is 24.0 Å². The van der Waals surface area contributed by atoms with Crippen molar-refractivity contribution in [2.24, 2.45) is 0 Å². The zero-order valence-electron chi connectivity index (χ0n) is 12.8. The van der Waals surface area contributed by atoms with E-state index in [0.29, 0.717) is 17.6 Å². The van der Waals surface area contributed by atoms with Crippen molar-refractivity contribution in [2.45, 2.75) is 11.4 Å². The highest BCUT2D eigenvalue weighted by atomic mass is 32.2. The second kappa shape index (κ2) is 6.22. The van der Waals surface area contributed by atoms with Crippen LogP contribution in [0, 0.1) is 0 Å². The Kier molecular flexibility index (Phi) is 3.90. The third kappa shape index (κ3) is 3.21. The lowest BCUT2D eigenvalue weighted by atomic mass is 10.3. The number of aromatic nitrogens is 5. The highest BCUT2D eigenvalue weighted by Crippen LogP contribution is 2.23. The lowest BCUT2D eigenvalue weighted by Crippen LogP contribution is -2.14. The number of benzene rings is 1. The van der Waals surface area contributed by atoms with Crippen LogP contribution in [-0.2, 0) is 16.6 Å². The Morgan fingerprint density at radius 1 is 1.08 bits per heavy atom. The summed E-state index contributed by atoms with van der Waals surface area (Å²) in [7, 11) is -3.81. The Hall–Kier alpha value is -2.85. The van der Waals surface area contributed by atoms with Gasteiger partial charge in [-0.25, -0.2) is 8.42 Å². The Morgan fingerprint density at radius 2 is 2.00 bits per heavy atom. The molecule has 0 spiro atoms. The molecule has 0 aliphatic carbocycles. The first-order valence-electron chi connectivity index (χ1n) is 7.29. The van der Waals surface area contributed by atoms with Crippen LogP contribution in [0.4, 0.5) is 5.82 Å². The van der Waals surface area contributed by atoms with Crippen molar-refractivity contribution in [1.82, 2.24) is 23.5 Å².